The number of nitrogens with one attached hydrogen (secondary N) is 2. The predicted octanol–water partition coefficient (Wildman–Crippen LogP) is 2.47. The van der Waals surface area contributed by atoms with Gasteiger partial charge in [0.15, 0.2) is 11.4 Å². The van der Waals surface area contributed by atoms with Crippen molar-refractivity contribution in [3.63, 3.8) is 0 Å². The average Bonchev–Trinajstić information content (AvgIpc) is 3.03. The first-order chi connectivity index (χ1) is 13.4. The number of benzene rings is 1. The molecule has 0 radical (unpaired) electrons. The molecule has 0 saturated heterocycles. The molecule has 3 rings (SSSR count). The SMILES string of the molecule is O=C(NOC[C@H](O)CO)c1oc2c(F)cncc2c1Nc1ccc(I)cc1F. The minimum Gasteiger partial charge on any atom is -0.445 e. The lowest BCUT2D eigenvalue weighted by molar-refractivity contribution is -0.0302. The lowest BCUT2D eigenvalue weighted by atomic mass is 10.2. The highest BCUT2D eigenvalue weighted by Gasteiger charge is 2.24. The van der Waals surface area contributed by atoms with Crippen molar-refractivity contribution in [2.75, 3.05) is 18.5 Å². The molecule has 0 spiro atoms. The number of hydrogen-bond donors (Lipinski definition) is 4. The molecule has 0 aliphatic carbocycles. The van der Waals surface area contributed by atoms with Crippen LogP contribution in [0.25, 0.3) is 11.0 Å². The summed E-state index contributed by atoms with van der Waals surface area (Å²) < 4.78 is 34.2. The minimum atomic E-state index is -1.20. The van der Waals surface area contributed by atoms with Gasteiger partial charge in [-0.25, -0.2) is 14.3 Å². The number of pyridine rings is 1. The number of anilines is 2. The number of furan rings is 1. The van der Waals surface area contributed by atoms with Gasteiger partial charge in [0.25, 0.3) is 0 Å². The van der Waals surface area contributed by atoms with Crippen LogP contribution in [-0.2, 0) is 4.84 Å². The van der Waals surface area contributed by atoms with E-state index in [0.29, 0.717) is 3.57 Å². The molecule has 2 aromatic heterocycles. The molecule has 1 atom stereocenters. The van der Waals surface area contributed by atoms with Crippen LogP contribution in [0.5, 0.6) is 0 Å². The van der Waals surface area contributed by atoms with Gasteiger partial charge in [0.05, 0.1) is 23.9 Å². The molecule has 11 heteroatoms. The molecule has 148 valence electrons. The number of hydrogen-bond acceptors (Lipinski definition) is 7. The molecule has 2 heterocycles. The topological polar surface area (TPSA) is 117 Å². The molecule has 3 aromatic rings. The van der Waals surface area contributed by atoms with E-state index in [9.17, 15) is 18.7 Å². The van der Waals surface area contributed by atoms with Crippen molar-refractivity contribution in [2.24, 2.45) is 0 Å². The molecule has 1 aromatic carbocycles. The molecule has 28 heavy (non-hydrogen) atoms. The number of aliphatic hydroxyl groups excluding tert-OH is 2. The van der Waals surface area contributed by atoms with Crippen molar-refractivity contribution < 1.29 is 33.0 Å². The van der Waals surface area contributed by atoms with Crippen molar-refractivity contribution >= 4 is 50.8 Å². The first-order valence-corrected chi connectivity index (χ1v) is 8.97. The third kappa shape index (κ3) is 4.38. The number of aliphatic hydroxyl groups is 2. The number of rotatable bonds is 7. The van der Waals surface area contributed by atoms with E-state index in [1.165, 1.54) is 18.3 Å². The number of nitrogens with zero attached hydrogens (tertiary/aromatic N) is 1. The fraction of sp³-hybridized carbons (Fsp3) is 0.176. The molecule has 0 aliphatic rings. The summed E-state index contributed by atoms with van der Waals surface area (Å²) in [4.78, 5) is 20.9. The van der Waals surface area contributed by atoms with E-state index in [1.807, 2.05) is 28.1 Å². The smallest absolute Gasteiger partial charge is 0.312 e. The van der Waals surface area contributed by atoms with E-state index >= 15 is 0 Å². The molecule has 0 saturated carbocycles. The maximum atomic E-state index is 14.2. The third-order valence-corrected chi connectivity index (χ3v) is 4.27. The van der Waals surface area contributed by atoms with Crippen molar-refractivity contribution in [1.29, 1.82) is 0 Å². The molecule has 0 fully saturated rings. The highest BCUT2D eigenvalue weighted by atomic mass is 127. The molecular weight excluding hydrogens is 491 g/mol. The lowest BCUT2D eigenvalue weighted by Gasteiger charge is -2.10. The predicted molar refractivity (Wildman–Crippen MR) is 103 cm³/mol. The number of fused-ring (bicyclic) bond motifs is 1. The van der Waals surface area contributed by atoms with E-state index in [-0.39, 0.29) is 34.7 Å². The highest BCUT2D eigenvalue weighted by molar-refractivity contribution is 14.1. The van der Waals surface area contributed by atoms with Crippen LogP contribution in [0, 0.1) is 15.2 Å². The molecular formula is C17H14F2IN3O5. The van der Waals surface area contributed by atoms with Gasteiger partial charge in [-0.2, -0.15) is 0 Å². The van der Waals surface area contributed by atoms with Gasteiger partial charge in [0.2, 0.25) is 5.76 Å². The second-order valence-corrected chi connectivity index (χ2v) is 6.88. The summed E-state index contributed by atoms with van der Waals surface area (Å²) in [5.41, 5.74) is 1.80. The van der Waals surface area contributed by atoms with Crippen LogP contribution in [0.2, 0.25) is 0 Å². The Kier molecular flexibility index (Phi) is 6.39. The molecule has 4 N–H and O–H groups in total. The number of halogens is 3. The maximum Gasteiger partial charge on any atom is 0.312 e. The van der Waals surface area contributed by atoms with E-state index < -0.39 is 30.3 Å². The number of amides is 1. The van der Waals surface area contributed by atoms with Crippen LogP contribution in [0.4, 0.5) is 20.2 Å². The summed E-state index contributed by atoms with van der Waals surface area (Å²) in [6.45, 7) is -0.941. The Morgan fingerprint density at radius 3 is 2.82 bits per heavy atom. The zero-order chi connectivity index (χ0) is 20.3. The van der Waals surface area contributed by atoms with E-state index in [1.54, 1.807) is 6.07 Å². The van der Waals surface area contributed by atoms with Gasteiger partial charge in [-0.3, -0.25) is 14.6 Å². The second kappa shape index (κ2) is 8.77. The fourth-order valence-electron chi connectivity index (χ4n) is 2.29. The maximum absolute atomic E-state index is 14.2. The Balaban J connectivity index is 1.96. The van der Waals surface area contributed by atoms with Gasteiger partial charge in [-0.1, -0.05) is 0 Å². The van der Waals surface area contributed by atoms with Crippen LogP contribution < -0.4 is 10.8 Å². The normalized spacial score (nSPS) is 12.2. The summed E-state index contributed by atoms with van der Waals surface area (Å²) in [5, 5.41) is 20.8. The van der Waals surface area contributed by atoms with Gasteiger partial charge in [0, 0.05) is 9.77 Å². The van der Waals surface area contributed by atoms with Gasteiger partial charge >= 0.3 is 5.91 Å². The van der Waals surface area contributed by atoms with Crippen LogP contribution in [0.1, 0.15) is 10.6 Å². The van der Waals surface area contributed by atoms with Crippen LogP contribution >= 0.6 is 22.6 Å². The zero-order valence-corrected chi connectivity index (χ0v) is 16.2. The van der Waals surface area contributed by atoms with E-state index in [4.69, 9.17) is 14.4 Å². The first-order valence-electron chi connectivity index (χ1n) is 7.89. The lowest BCUT2D eigenvalue weighted by Crippen LogP contribution is -2.30. The molecule has 0 bridgehead atoms. The fourth-order valence-corrected chi connectivity index (χ4v) is 2.75. The Morgan fingerprint density at radius 2 is 2.11 bits per heavy atom. The highest BCUT2D eigenvalue weighted by Crippen LogP contribution is 2.35. The number of aromatic nitrogens is 1. The largest absolute Gasteiger partial charge is 0.445 e. The average molecular weight is 505 g/mol. The summed E-state index contributed by atoms with van der Waals surface area (Å²) >= 11 is 1.95. The summed E-state index contributed by atoms with van der Waals surface area (Å²) in [5.74, 6) is -2.67. The Morgan fingerprint density at radius 1 is 1.32 bits per heavy atom. The molecule has 8 nitrogen and oxygen atoms in total. The third-order valence-electron chi connectivity index (χ3n) is 3.60. The first kappa shape index (κ1) is 20.4. The van der Waals surface area contributed by atoms with Crippen LogP contribution in [-0.4, -0.2) is 40.4 Å². The van der Waals surface area contributed by atoms with Crippen molar-refractivity contribution in [3.8, 4) is 0 Å². The Hall–Kier alpha value is -2.35. The number of carbonyl (C=O) groups is 1. The summed E-state index contributed by atoms with van der Waals surface area (Å²) in [7, 11) is 0. The standard InChI is InChI=1S/C17H14F2IN3O5/c18-11-3-8(20)1-2-13(11)22-14-10-4-21-5-12(19)15(10)28-16(14)17(26)23-27-7-9(25)6-24/h1-5,9,22,24-25H,6-7H2,(H,23,26)/t9-/m1/s1. The van der Waals surface area contributed by atoms with Gasteiger partial charge in [0.1, 0.15) is 24.2 Å². The molecule has 1 amide bonds. The molecule has 0 unspecified atom stereocenters. The number of hydroxylamine groups is 1. The summed E-state index contributed by atoms with van der Waals surface area (Å²) in [6.07, 6.45) is 0.981. The van der Waals surface area contributed by atoms with E-state index in [0.717, 1.165) is 6.20 Å². The van der Waals surface area contributed by atoms with Crippen LogP contribution in [0.15, 0.2) is 35.0 Å². The minimum absolute atomic E-state index is 0.00841. The van der Waals surface area contributed by atoms with Crippen molar-refractivity contribution in [1.82, 2.24) is 10.5 Å². The zero-order valence-electron chi connectivity index (χ0n) is 14.1. The molecule has 0 aliphatic heterocycles. The van der Waals surface area contributed by atoms with E-state index in [2.05, 4.69) is 10.3 Å². The number of carbonyl (C=O) groups excluding carboxylic acids is 1. The quantitative estimate of drug-likeness (QED) is 0.288. The monoisotopic (exact) mass is 505 g/mol. The van der Waals surface area contributed by atoms with Crippen molar-refractivity contribution in [3.05, 3.63) is 51.6 Å². The van der Waals surface area contributed by atoms with Crippen LogP contribution in [0.3, 0.4) is 0 Å². The Labute approximate surface area is 170 Å². The van der Waals surface area contributed by atoms with Crippen molar-refractivity contribution in [2.45, 2.75) is 6.10 Å². The Bertz CT molecular complexity index is 1010. The summed E-state index contributed by atoms with van der Waals surface area (Å²) in [6, 6.07) is 4.38. The van der Waals surface area contributed by atoms with Gasteiger partial charge in [-0.05, 0) is 40.8 Å². The second-order valence-electron chi connectivity index (χ2n) is 5.63. The van der Waals surface area contributed by atoms with Gasteiger partial charge in [-0.15, -0.1) is 0 Å². The van der Waals surface area contributed by atoms with Gasteiger partial charge < -0.3 is 19.9 Å².